The fourth-order valence-electron chi connectivity index (χ4n) is 4.38. The van der Waals surface area contributed by atoms with E-state index in [-0.39, 0.29) is 5.04 Å². The molecular weight excluding hydrogens is 320 g/mol. The lowest BCUT2D eigenvalue weighted by atomic mass is 9.78. The molecule has 132 valence electrons. The molecule has 4 nitrogen and oxygen atoms in total. The summed E-state index contributed by atoms with van der Waals surface area (Å²) in [5, 5.41) is 0.900. The van der Waals surface area contributed by atoms with Gasteiger partial charge in [-0.2, -0.15) is 0 Å². The Hall–Kier alpha value is -1.62. The first-order valence-corrected chi connectivity index (χ1v) is 11.6. The fraction of sp³-hybridized carbons (Fsp3) is 0.579. The third-order valence-electron chi connectivity index (χ3n) is 5.91. The molecule has 0 unspecified atom stereocenters. The molecule has 0 amide bonds. The lowest BCUT2D eigenvalue weighted by Crippen LogP contribution is -2.59. The van der Waals surface area contributed by atoms with E-state index in [4.69, 9.17) is 9.47 Å². The largest absolute Gasteiger partial charge is 0.468 e. The maximum atomic E-state index is 12.6. The highest BCUT2D eigenvalue weighted by Crippen LogP contribution is 2.56. The van der Waals surface area contributed by atoms with Gasteiger partial charge in [0.25, 0.3) is 0 Å². The van der Waals surface area contributed by atoms with E-state index < -0.39 is 25.9 Å². The van der Waals surface area contributed by atoms with Crippen molar-refractivity contribution in [2.45, 2.75) is 50.2 Å². The average Bonchev–Trinajstić information content (AvgIpc) is 2.62. The number of methoxy groups -OCH3 is 2. The van der Waals surface area contributed by atoms with Crippen LogP contribution in [0.4, 0.5) is 0 Å². The van der Waals surface area contributed by atoms with Crippen molar-refractivity contribution in [1.82, 2.24) is 0 Å². The predicted octanol–water partition coefficient (Wildman–Crippen LogP) is 3.27. The normalized spacial score (nSPS) is 17.4. The number of benzene rings is 1. The molecule has 1 aromatic carbocycles. The summed E-state index contributed by atoms with van der Waals surface area (Å²) < 4.78 is 10.1. The molecule has 1 saturated carbocycles. The summed E-state index contributed by atoms with van der Waals surface area (Å²) in [6.07, 6.45) is 4.96. The van der Waals surface area contributed by atoms with Gasteiger partial charge in [0.15, 0.2) is 5.92 Å². The van der Waals surface area contributed by atoms with Crippen LogP contribution in [0.25, 0.3) is 0 Å². The summed E-state index contributed by atoms with van der Waals surface area (Å²) in [5.74, 6) is -1.75. The van der Waals surface area contributed by atoms with Crippen LogP contribution in [-0.2, 0) is 19.1 Å². The molecule has 1 aliphatic rings. The van der Waals surface area contributed by atoms with Crippen LogP contribution in [-0.4, -0.2) is 34.2 Å². The molecule has 0 radical (unpaired) electrons. The minimum Gasteiger partial charge on any atom is -0.468 e. The maximum Gasteiger partial charge on any atom is 0.320 e. The number of rotatable bonds is 5. The van der Waals surface area contributed by atoms with Crippen LogP contribution >= 0.6 is 0 Å². The Morgan fingerprint density at radius 3 is 1.92 bits per heavy atom. The van der Waals surface area contributed by atoms with E-state index in [1.54, 1.807) is 0 Å². The average molecular weight is 349 g/mol. The molecule has 0 aliphatic heterocycles. The fourth-order valence-corrected chi connectivity index (χ4v) is 8.54. The zero-order chi connectivity index (χ0) is 17.8. The van der Waals surface area contributed by atoms with Crippen molar-refractivity contribution in [3.63, 3.8) is 0 Å². The SMILES string of the molecule is COC(=O)C(C(=O)OC)C1([Si](C)(C)c2ccccc2)CCCCC1. The predicted molar refractivity (Wildman–Crippen MR) is 96.9 cm³/mol. The van der Waals surface area contributed by atoms with Gasteiger partial charge in [-0.3, -0.25) is 9.59 Å². The number of esters is 2. The second kappa shape index (κ2) is 7.51. The van der Waals surface area contributed by atoms with Gasteiger partial charge in [0.05, 0.1) is 22.3 Å². The second-order valence-corrected chi connectivity index (χ2v) is 12.0. The van der Waals surface area contributed by atoms with Crippen molar-refractivity contribution >= 4 is 25.2 Å². The van der Waals surface area contributed by atoms with Crippen LogP contribution in [0.1, 0.15) is 32.1 Å². The van der Waals surface area contributed by atoms with Crippen molar-refractivity contribution in [2.24, 2.45) is 5.92 Å². The number of hydrogen-bond acceptors (Lipinski definition) is 4. The molecule has 5 heteroatoms. The standard InChI is InChI=1S/C19H28O4Si/c1-22-17(20)16(18(21)23-2)19(13-9-6-10-14-19)24(3,4)15-11-7-5-8-12-15/h5,7-8,11-12,16H,6,9-10,13-14H2,1-4H3. The molecule has 1 aromatic rings. The summed E-state index contributed by atoms with van der Waals surface area (Å²) in [7, 11) is 0.554. The Balaban J connectivity index is 2.60. The number of hydrogen-bond donors (Lipinski definition) is 0. The first-order valence-electron chi connectivity index (χ1n) is 8.62. The minimum absolute atomic E-state index is 0.368. The van der Waals surface area contributed by atoms with E-state index in [0.29, 0.717) is 0 Å². The van der Waals surface area contributed by atoms with Gasteiger partial charge in [-0.05, 0) is 17.9 Å². The van der Waals surface area contributed by atoms with Gasteiger partial charge >= 0.3 is 11.9 Å². The Kier molecular flexibility index (Phi) is 5.86. The van der Waals surface area contributed by atoms with Crippen LogP contribution in [0.2, 0.25) is 18.1 Å². The van der Waals surface area contributed by atoms with E-state index in [9.17, 15) is 9.59 Å². The topological polar surface area (TPSA) is 52.6 Å². The molecule has 0 spiro atoms. The number of carbonyl (C=O) groups excluding carboxylic acids is 2. The van der Waals surface area contributed by atoms with Gasteiger partial charge < -0.3 is 9.47 Å². The molecule has 2 rings (SSSR count). The lowest BCUT2D eigenvalue weighted by Gasteiger charge is -2.51. The van der Waals surface area contributed by atoms with E-state index in [1.807, 2.05) is 18.2 Å². The Morgan fingerprint density at radius 2 is 1.46 bits per heavy atom. The summed E-state index contributed by atoms with van der Waals surface area (Å²) in [6.45, 7) is 4.54. The Morgan fingerprint density at radius 1 is 0.958 bits per heavy atom. The summed E-state index contributed by atoms with van der Waals surface area (Å²) in [4.78, 5) is 25.2. The molecule has 0 atom stereocenters. The minimum atomic E-state index is -2.15. The van der Waals surface area contributed by atoms with Crippen LogP contribution in [0, 0.1) is 5.92 Å². The summed E-state index contributed by atoms with van der Waals surface area (Å²) in [5.41, 5.74) is 0. The summed E-state index contributed by atoms with van der Waals surface area (Å²) >= 11 is 0. The van der Waals surface area contributed by atoms with Gasteiger partial charge in [-0.15, -0.1) is 0 Å². The van der Waals surface area contributed by atoms with Gasteiger partial charge in [-0.25, -0.2) is 0 Å². The third kappa shape index (κ3) is 3.14. The highest BCUT2D eigenvalue weighted by molar-refractivity contribution is 6.92. The highest BCUT2D eigenvalue weighted by atomic mass is 28.3. The van der Waals surface area contributed by atoms with E-state index in [0.717, 1.165) is 32.1 Å². The van der Waals surface area contributed by atoms with Crippen LogP contribution in [0.5, 0.6) is 0 Å². The Labute approximate surface area is 145 Å². The summed E-state index contributed by atoms with van der Waals surface area (Å²) in [6, 6.07) is 10.3. The van der Waals surface area contributed by atoms with E-state index >= 15 is 0 Å². The first kappa shape index (κ1) is 18.7. The van der Waals surface area contributed by atoms with Gasteiger partial charge in [0.2, 0.25) is 0 Å². The van der Waals surface area contributed by atoms with E-state index in [2.05, 4.69) is 25.2 Å². The quantitative estimate of drug-likeness (QED) is 0.465. The zero-order valence-electron chi connectivity index (χ0n) is 15.1. The molecule has 0 heterocycles. The van der Waals surface area contributed by atoms with Crippen LogP contribution in [0.15, 0.2) is 30.3 Å². The van der Waals surface area contributed by atoms with Crippen molar-refractivity contribution < 1.29 is 19.1 Å². The maximum absolute atomic E-state index is 12.6. The van der Waals surface area contributed by atoms with Gasteiger partial charge in [0.1, 0.15) is 0 Å². The first-order chi connectivity index (χ1) is 11.4. The highest BCUT2D eigenvalue weighted by Gasteiger charge is 2.58. The zero-order valence-corrected chi connectivity index (χ0v) is 16.1. The molecule has 24 heavy (non-hydrogen) atoms. The van der Waals surface area contributed by atoms with Crippen molar-refractivity contribution in [1.29, 1.82) is 0 Å². The molecule has 0 saturated heterocycles. The lowest BCUT2D eigenvalue weighted by molar-refractivity contribution is -0.161. The molecule has 0 N–H and O–H groups in total. The van der Waals surface area contributed by atoms with Crippen molar-refractivity contribution in [3.05, 3.63) is 30.3 Å². The van der Waals surface area contributed by atoms with Gasteiger partial charge in [0, 0.05) is 0 Å². The number of carbonyl (C=O) groups is 2. The van der Waals surface area contributed by atoms with Gasteiger partial charge in [-0.1, -0.05) is 67.9 Å². The van der Waals surface area contributed by atoms with Crippen LogP contribution < -0.4 is 5.19 Å². The molecular formula is C19H28O4Si. The molecule has 1 fully saturated rings. The second-order valence-electron chi connectivity index (χ2n) is 7.19. The smallest absolute Gasteiger partial charge is 0.320 e. The third-order valence-corrected chi connectivity index (χ3v) is 11.0. The van der Waals surface area contributed by atoms with Crippen molar-refractivity contribution in [3.8, 4) is 0 Å². The number of ether oxygens (including phenoxy) is 2. The molecule has 1 aliphatic carbocycles. The molecule has 0 aromatic heterocycles. The molecule has 0 bridgehead atoms. The van der Waals surface area contributed by atoms with Crippen LogP contribution in [0.3, 0.4) is 0 Å². The monoisotopic (exact) mass is 348 g/mol. The van der Waals surface area contributed by atoms with E-state index in [1.165, 1.54) is 19.4 Å². The van der Waals surface area contributed by atoms with Crippen molar-refractivity contribution in [2.75, 3.05) is 14.2 Å². The Bertz CT molecular complexity index is 560.